The predicted molar refractivity (Wildman–Crippen MR) is 91.5 cm³/mol. The van der Waals surface area contributed by atoms with E-state index in [1.165, 1.54) is 11.8 Å². The molecule has 0 aliphatic rings. The Hall–Kier alpha value is -1.59. The van der Waals surface area contributed by atoms with Gasteiger partial charge >= 0.3 is 5.97 Å². The van der Waals surface area contributed by atoms with Crippen LogP contribution in [0.1, 0.15) is 22.3 Å². The highest BCUT2D eigenvalue weighted by atomic mass is 79.9. The maximum absolute atomic E-state index is 12.2. The van der Waals surface area contributed by atoms with Crippen LogP contribution in [0, 0.1) is 6.92 Å². The van der Waals surface area contributed by atoms with Gasteiger partial charge in [0.1, 0.15) is 5.25 Å². The number of aliphatic carboxylic acids is 1. The molecule has 0 aromatic heterocycles. The van der Waals surface area contributed by atoms with Crippen LogP contribution in [0.25, 0.3) is 0 Å². The number of Topliss-reactive ketones (excluding diaryl/α,β-unsaturated/α-hetero) is 1. The monoisotopic (exact) mass is 378 g/mol. The molecule has 1 atom stereocenters. The second kappa shape index (κ2) is 7.61. The van der Waals surface area contributed by atoms with E-state index in [1.807, 2.05) is 31.2 Å². The van der Waals surface area contributed by atoms with Gasteiger partial charge in [-0.2, -0.15) is 0 Å². The summed E-state index contributed by atoms with van der Waals surface area (Å²) < 4.78 is 0.882. The molecule has 0 heterocycles. The average Bonchev–Trinajstić information content (AvgIpc) is 2.49. The van der Waals surface area contributed by atoms with E-state index in [-0.39, 0.29) is 12.2 Å². The molecule has 22 heavy (non-hydrogen) atoms. The lowest BCUT2D eigenvalue weighted by molar-refractivity contribution is -0.136. The maximum atomic E-state index is 12.2. The number of carboxylic acids is 1. The minimum Gasteiger partial charge on any atom is -0.480 e. The topological polar surface area (TPSA) is 54.4 Å². The van der Waals surface area contributed by atoms with Crippen molar-refractivity contribution in [3.8, 4) is 0 Å². The molecule has 0 aliphatic heterocycles. The number of thioether (sulfide) groups is 1. The molecule has 0 spiro atoms. The van der Waals surface area contributed by atoms with Crippen molar-refractivity contribution in [3.05, 3.63) is 64.1 Å². The summed E-state index contributed by atoms with van der Waals surface area (Å²) in [6.45, 7) is 1.97. The number of benzene rings is 2. The van der Waals surface area contributed by atoms with Crippen LogP contribution < -0.4 is 0 Å². The van der Waals surface area contributed by atoms with Crippen LogP contribution in [0.4, 0.5) is 0 Å². The highest BCUT2D eigenvalue weighted by molar-refractivity contribution is 9.10. The lowest BCUT2D eigenvalue weighted by atomic mass is 10.1. The smallest absolute Gasteiger partial charge is 0.317 e. The number of hydrogen-bond donors (Lipinski definition) is 1. The molecule has 0 bridgehead atoms. The molecule has 5 heteroatoms. The Bertz CT molecular complexity index is 665. The molecule has 3 nitrogen and oxygen atoms in total. The number of carbonyl (C=O) groups excluding carboxylic acids is 1. The van der Waals surface area contributed by atoms with Crippen molar-refractivity contribution in [2.45, 2.75) is 23.5 Å². The fraction of sp³-hybridized carbons (Fsp3) is 0.176. The Morgan fingerprint density at radius 2 is 1.68 bits per heavy atom. The van der Waals surface area contributed by atoms with Crippen LogP contribution in [-0.2, 0) is 4.79 Å². The van der Waals surface area contributed by atoms with Crippen LogP contribution in [0.2, 0.25) is 0 Å². The molecule has 2 rings (SSSR count). The van der Waals surface area contributed by atoms with Crippen molar-refractivity contribution in [1.82, 2.24) is 0 Å². The van der Waals surface area contributed by atoms with Gasteiger partial charge in [-0.1, -0.05) is 45.8 Å². The molecule has 0 radical (unpaired) electrons. The van der Waals surface area contributed by atoms with Gasteiger partial charge in [0.05, 0.1) is 0 Å². The molecule has 0 fully saturated rings. The lowest BCUT2D eigenvalue weighted by Crippen LogP contribution is -2.20. The van der Waals surface area contributed by atoms with Crippen LogP contribution in [0.5, 0.6) is 0 Å². The second-order valence-electron chi connectivity index (χ2n) is 4.89. The quantitative estimate of drug-likeness (QED) is 0.590. The molecule has 0 unspecified atom stereocenters. The van der Waals surface area contributed by atoms with Gasteiger partial charge in [-0.15, -0.1) is 11.8 Å². The first-order valence-electron chi connectivity index (χ1n) is 6.70. The summed E-state index contributed by atoms with van der Waals surface area (Å²) in [5.41, 5.74) is 1.64. The number of rotatable bonds is 6. The first-order chi connectivity index (χ1) is 10.5. The van der Waals surface area contributed by atoms with Crippen LogP contribution in [-0.4, -0.2) is 22.1 Å². The van der Waals surface area contributed by atoms with Crippen LogP contribution in [0.15, 0.2) is 57.9 Å². The largest absolute Gasteiger partial charge is 0.480 e. The first kappa shape index (κ1) is 16.8. The van der Waals surface area contributed by atoms with Gasteiger partial charge in [0.15, 0.2) is 5.78 Å². The number of ketones is 1. The zero-order valence-corrected chi connectivity index (χ0v) is 14.4. The number of carbonyl (C=O) groups is 2. The van der Waals surface area contributed by atoms with Crippen molar-refractivity contribution >= 4 is 39.4 Å². The van der Waals surface area contributed by atoms with Crippen molar-refractivity contribution in [2.24, 2.45) is 0 Å². The molecule has 2 aromatic carbocycles. The van der Waals surface area contributed by atoms with Gasteiger partial charge in [-0.3, -0.25) is 9.59 Å². The van der Waals surface area contributed by atoms with E-state index in [1.54, 1.807) is 24.3 Å². The van der Waals surface area contributed by atoms with Crippen molar-refractivity contribution < 1.29 is 14.7 Å². The van der Waals surface area contributed by atoms with E-state index in [4.69, 9.17) is 0 Å². The summed E-state index contributed by atoms with van der Waals surface area (Å²) in [5, 5.41) is 8.56. The van der Waals surface area contributed by atoms with E-state index in [0.717, 1.165) is 14.9 Å². The molecular weight excluding hydrogens is 364 g/mol. The van der Waals surface area contributed by atoms with E-state index >= 15 is 0 Å². The third kappa shape index (κ3) is 4.71. The van der Waals surface area contributed by atoms with Crippen LogP contribution >= 0.6 is 27.7 Å². The van der Waals surface area contributed by atoms with Gasteiger partial charge in [-0.05, 0) is 31.2 Å². The lowest BCUT2D eigenvalue weighted by Gasteiger charge is -2.11. The van der Waals surface area contributed by atoms with Gasteiger partial charge in [-0.25, -0.2) is 0 Å². The van der Waals surface area contributed by atoms with Crippen LogP contribution in [0.3, 0.4) is 0 Å². The minimum atomic E-state index is -0.976. The molecule has 0 saturated carbocycles. The number of hydrogen-bond acceptors (Lipinski definition) is 3. The summed E-state index contributed by atoms with van der Waals surface area (Å²) in [6, 6.07) is 14.5. The van der Waals surface area contributed by atoms with E-state index in [0.29, 0.717) is 5.56 Å². The van der Waals surface area contributed by atoms with E-state index < -0.39 is 11.2 Å². The Morgan fingerprint density at radius 3 is 2.23 bits per heavy atom. The van der Waals surface area contributed by atoms with Gasteiger partial charge in [0.25, 0.3) is 0 Å². The Balaban J connectivity index is 2.08. The fourth-order valence-corrected chi connectivity index (χ4v) is 3.10. The maximum Gasteiger partial charge on any atom is 0.317 e. The number of carboxylic acid groups (broad SMARTS) is 1. The highest BCUT2D eigenvalue weighted by Crippen LogP contribution is 2.27. The first-order valence-corrected chi connectivity index (χ1v) is 8.38. The second-order valence-corrected chi connectivity index (χ2v) is 7.08. The molecule has 0 amide bonds. The van der Waals surface area contributed by atoms with E-state index in [2.05, 4.69) is 15.9 Å². The number of halogens is 1. The molecular formula is C17H15BrO3S. The van der Waals surface area contributed by atoms with Crippen molar-refractivity contribution in [3.63, 3.8) is 0 Å². The zero-order valence-electron chi connectivity index (χ0n) is 12.0. The summed E-state index contributed by atoms with van der Waals surface area (Å²) in [6.07, 6.45) is -0.0322. The van der Waals surface area contributed by atoms with Crippen molar-refractivity contribution in [1.29, 1.82) is 0 Å². The summed E-state index contributed by atoms with van der Waals surface area (Å²) in [4.78, 5) is 24.5. The highest BCUT2D eigenvalue weighted by Gasteiger charge is 2.23. The molecule has 1 N–H and O–H groups in total. The van der Waals surface area contributed by atoms with Crippen molar-refractivity contribution in [2.75, 3.05) is 0 Å². The Labute approximate surface area is 141 Å². The SMILES string of the molecule is Cc1ccc(S[C@@H](CC(=O)c2ccc(Br)cc2)C(=O)O)cc1. The third-order valence-electron chi connectivity index (χ3n) is 3.11. The van der Waals surface area contributed by atoms with Gasteiger partial charge < -0.3 is 5.11 Å². The third-order valence-corrected chi connectivity index (χ3v) is 4.84. The zero-order chi connectivity index (χ0) is 16.1. The molecule has 2 aromatic rings. The molecule has 0 aliphatic carbocycles. The normalized spacial score (nSPS) is 11.9. The molecule has 0 saturated heterocycles. The summed E-state index contributed by atoms with van der Waals surface area (Å²) in [5.74, 6) is -1.14. The Morgan fingerprint density at radius 1 is 1.09 bits per heavy atom. The van der Waals surface area contributed by atoms with Gasteiger partial charge in [0.2, 0.25) is 0 Å². The Kier molecular flexibility index (Phi) is 5.80. The number of aryl methyl sites for hydroxylation is 1. The predicted octanol–water partition coefficient (Wildman–Crippen LogP) is 4.58. The van der Waals surface area contributed by atoms with Gasteiger partial charge in [0, 0.05) is 21.4 Å². The minimum absolute atomic E-state index is 0.0322. The van der Waals surface area contributed by atoms with E-state index in [9.17, 15) is 14.7 Å². The summed E-state index contributed by atoms with van der Waals surface area (Å²) >= 11 is 4.51. The molecule has 114 valence electrons. The fourth-order valence-electron chi connectivity index (χ4n) is 1.88. The summed E-state index contributed by atoms with van der Waals surface area (Å²) in [7, 11) is 0. The average molecular weight is 379 g/mol. The standard InChI is InChI=1S/C17H15BrO3S/c1-11-2-8-14(9-3-11)22-16(17(20)21)10-15(19)12-4-6-13(18)7-5-12/h2-9,16H,10H2,1H3,(H,20,21)/t16-/m0/s1.